The van der Waals surface area contributed by atoms with Crippen molar-refractivity contribution in [3.63, 3.8) is 0 Å². The number of nitrogens with one attached hydrogen (secondary N) is 1. The molecule has 2 unspecified atom stereocenters. The highest BCUT2D eigenvalue weighted by molar-refractivity contribution is 4.85. The smallest absolute Gasteiger partial charge is 0.0692 e. The summed E-state index contributed by atoms with van der Waals surface area (Å²) in [6.45, 7) is 9.12. The molecular formula is C15H30N2O. The van der Waals surface area contributed by atoms with Gasteiger partial charge in [0, 0.05) is 12.6 Å². The number of aliphatic hydroxyl groups excluding tert-OH is 1. The maximum atomic E-state index is 9.88. The van der Waals surface area contributed by atoms with Gasteiger partial charge in [0.25, 0.3) is 0 Å². The quantitative estimate of drug-likeness (QED) is 0.728. The summed E-state index contributed by atoms with van der Waals surface area (Å²) in [6, 6.07) is 0.558. The molecule has 0 aromatic carbocycles. The SMILES string of the molecule is CCCN1CCC(C(C)NCC(O)C2CC2)CC1. The number of hydrogen-bond acceptors (Lipinski definition) is 3. The van der Waals surface area contributed by atoms with Gasteiger partial charge in [-0.15, -0.1) is 0 Å². The molecule has 1 saturated heterocycles. The first kappa shape index (κ1) is 14.3. The summed E-state index contributed by atoms with van der Waals surface area (Å²) in [5, 5.41) is 13.4. The van der Waals surface area contributed by atoms with Gasteiger partial charge >= 0.3 is 0 Å². The zero-order chi connectivity index (χ0) is 13.0. The lowest BCUT2D eigenvalue weighted by molar-refractivity contribution is 0.127. The maximum absolute atomic E-state index is 9.88. The summed E-state index contributed by atoms with van der Waals surface area (Å²) in [5.41, 5.74) is 0. The monoisotopic (exact) mass is 254 g/mol. The third kappa shape index (κ3) is 4.22. The van der Waals surface area contributed by atoms with E-state index in [-0.39, 0.29) is 6.10 Å². The Kier molecular flexibility index (Phi) is 5.46. The van der Waals surface area contributed by atoms with E-state index in [2.05, 4.69) is 24.1 Å². The molecule has 2 N–H and O–H groups in total. The summed E-state index contributed by atoms with van der Waals surface area (Å²) < 4.78 is 0. The van der Waals surface area contributed by atoms with Crippen LogP contribution in [0, 0.1) is 11.8 Å². The molecule has 0 amide bonds. The number of likely N-dealkylation sites (tertiary alicyclic amines) is 1. The fourth-order valence-corrected chi connectivity index (χ4v) is 3.11. The molecule has 0 radical (unpaired) electrons. The first-order chi connectivity index (χ1) is 8.70. The average molecular weight is 254 g/mol. The van der Waals surface area contributed by atoms with Crippen LogP contribution in [0.2, 0.25) is 0 Å². The predicted molar refractivity (Wildman–Crippen MR) is 75.7 cm³/mol. The van der Waals surface area contributed by atoms with Crippen LogP contribution in [-0.4, -0.2) is 48.3 Å². The van der Waals surface area contributed by atoms with Gasteiger partial charge in [-0.3, -0.25) is 0 Å². The fourth-order valence-electron chi connectivity index (χ4n) is 3.11. The predicted octanol–water partition coefficient (Wildman–Crippen LogP) is 1.86. The summed E-state index contributed by atoms with van der Waals surface area (Å²) in [5.74, 6) is 1.39. The highest BCUT2D eigenvalue weighted by Crippen LogP contribution is 2.32. The summed E-state index contributed by atoms with van der Waals surface area (Å²) in [6.07, 6.45) is 6.25. The van der Waals surface area contributed by atoms with E-state index in [4.69, 9.17) is 0 Å². The molecule has 1 heterocycles. The Morgan fingerprint density at radius 3 is 2.39 bits per heavy atom. The zero-order valence-electron chi connectivity index (χ0n) is 12.1. The molecule has 1 aliphatic carbocycles. The summed E-state index contributed by atoms with van der Waals surface area (Å²) in [7, 11) is 0. The van der Waals surface area contributed by atoms with Crippen molar-refractivity contribution < 1.29 is 5.11 Å². The standard InChI is InChI=1S/C15H30N2O/c1-3-8-17-9-6-13(7-10-17)12(2)16-11-15(18)14-4-5-14/h12-16,18H,3-11H2,1-2H3. The van der Waals surface area contributed by atoms with Gasteiger partial charge in [-0.1, -0.05) is 6.92 Å². The van der Waals surface area contributed by atoms with Crippen molar-refractivity contribution in [2.45, 2.75) is 58.1 Å². The molecule has 1 saturated carbocycles. The van der Waals surface area contributed by atoms with Crippen LogP contribution in [0.25, 0.3) is 0 Å². The van der Waals surface area contributed by atoms with Crippen molar-refractivity contribution >= 4 is 0 Å². The Hall–Kier alpha value is -0.120. The molecule has 2 atom stereocenters. The Morgan fingerprint density at radius 1 is 1.17 bits per heavy atom. The van der Waals surface area contributed by atoms with Crippen molar-refractivity contribution in [2.24, 2.45) is 11.8 Å². The lowest BCUT2D eigenvalue weighted by atomic mass is 9.90. The van der Waals surface area contributed by atoms with Gasteiger partial charge in [-0.25, -0.2) is 0 Å². The van der Waals surface area contributed by atoms with Gasteiger partial charge in [0.2, 0.25) is 0 Å². The topological polar surface area (TPSA) is 35.5 Å². The van der Waals surface area contributed by atoms with Gasteiger partial charge in [-0.2, -0.15) is 0 Å². The van der Waals surface area contributed by atoms with Gasteiger partial charge in [-0.05, 0) is 70.5 Å². The van der Waals surface area contributed by atoms with Crippen LogP contribution in [0.1, 0.15) is 46.0 Å². The summed E-state index contributed by atoms with van der Waals surface area (Å²) >= 11 is 0. The normalized spacial score (nSPS) is 26.2. The van der Waals surface area contributed by atoms with Gasteiger partial charge < -0.3 is 15.3 Å². The Morgan fingerprint density at radius 2 is 1.83 bits per heavy atom. The second kappa shape index (κ2) is 6.88. The van der Waals surface area contributed by atoms with E-state index < -0.39 is 0 Å². The molecule has 2 fully saturated rings. The van der Waals surface area contributed by atoms with E-state index in [1.165, 1.54) is 51.7 Å². The van der Waals surface area contributed by atoms with Crippen LogP contribution >= 0.6 is 0 Å². The third-order valence-corrected chi connectivity index (χ3v) is 4.69. The zero-order valence-corrected chi connectivity index (χ0v) is 12.1. The van der Waals surface area contributed by atoms with E-state index in [1.807, 2.05) is 0 Å². The van der Waals surface area contributed by atoms with Crippen LogP contribution in [0.4, 0.5) is 0 Å². The Balaban J connectivity index is 1.62. The molecule has 1 aliphatic heterocycles. The van der Waals surface area contributed by atoms with E-state index in [9.17, 15) is 5.11 Å². The average Bonchev–Trinajstić information content (AvgIpc) is 3.21. The molecule has 3 heteroatoms. The minimum Gasteiger partial charge on any atom is -0.392 e. The molecule has 0 aromatic rings. The lowest BCUT2D eigenvalue weighted by Gasteiger charge is -2.35. The number of rotatable bonds is 7. The largest absolute Gasteiger partial charge is 0.392 e. The molecule has 2 aliphatic rings. The number of piperidine rings is 1. The van der Waals surface area contributed by atoms with Crippen molar-refractivity contribution in [1.29, 1.82) is 0 Å². The van der Waals surface area contributed by atoms with Crippen molar-refractivity contribution in [2.75, 3.05) is 26.2 Å². The number of hydrogen-bond donors (Lipinski definition) is 2. The number of nitrogens with zero attached hydrogens (tertiary/aromatic N) is 1. The third-order valence-electron chi connectivity index (χ3n) is 4.69. The van der Waals surface area contributed by atoms with Crippen molar-refractivity contribution in [3.8, 4) is 0 Å². The minimum atomic E-state index is -0.104. The van der Waals surface area contributed by atoms with Crippen LogP contribution < -0.4 is 5.32 Å². The second-order valence-corrected chi connectivity index (χ2v) is 6.28. The van der Waals surface area contributed by atoms with E-state index in [0.29, 0.717) is 12.0 Å². The molecular weight excluding hydrogens is 224 g/mol. The van der Waals surface area contributed by atoms with E-state index in [1.54, 1.807) is 0 Å². The molecule has 0 bridgehead atoms. The number of aliphatic hydroxyl groups is 1. The van der Waals surface area contributed by atoms with Crippen molar-refractivity contribution in [1.82, 2.24) is 10.2 Å². The first-order valence-electron chi connectivity index (χ1n) is 7.84. The minimum absolute atomic E-state index is 0.104. The van der Waals surface area contributed by atoms with Gasteiger partial charge in [0.15, 0.2) is 0 Å². The van der Waals surface area contributed by atoms with Crippen LogP contribution in [0.3, 0.4) is 0 Å². The molecule has 106 valence electrons. The second-order valence-electron chi connectivity index (χ2n) is 6.28. The molecule has 2 rings (SSSR count). The Bertz CT molecular complexity index is 235. The first-order valence-corrected chi connectivity index (χ1v) is 7.84. The van der Waals surface area contributed by atoms with Crippen molar-refractivity contribution in [3.05, 3.63) is 0 Å². The van der Waals surface area contributed by atoms with Gasteiger partial charge in [0.1, 0.15) is 0 Å². The highest BCUT2D eigenvalue weighted by Gasteiger charge is 2.30. The fraction of sp³-hybridized carbons (Fsp3) is 1.00. The van der Waals surface area contributed by atoms with E-state index >= 15 is 0 Å². The molecule has 0 spiro atoms. The molecule has 18 heavy (non-hydrogen) atoms. The van der Waals surface area contributed by atoms with Crippen LogP contribution in [0.5, 0.6) is 0 Å². The highest BCUT2D eigenvalue weighted by atomic mass is 16.3. The van der Waals surface area contributed by atoms with Crippen LogP contribution in [-0.2, 0) is 0 Å². The van der Waals surface area contributed by atoms with Gasteiger partial charge in [0.05, 0.1) is 6.10 Å². The summed E-state index contributed by atoms with van der Waals surface area (Å²) in [4.78, 5) is 2.59. The van der Waals surface area contributed by atoms with E-state index in [0.717, 1.165) is 12.5 Å². The lowest BCUT2D eigenvalue weighted by Crippen LogP contribution is -2.44. The Labute approximate surface area is 112 Å². The molecule has 0 aromatic heterocycles. The maximum Gasteiger partial charge on any atom is 0.0692 e. The van der Waals surface area contributed by atoms with Crippen LogP contribution in [0.15, 0.2) is 0 Å². The molecule has 3 nitrogen and oxygen atoms in total.